The molecule has 0 saturated carbocycles. The van der Waals surface area contributed by atoms with Gasteiger partial charge in [0.1, 0.15) is 12.4 Å². The van der Waals surface area contributed by atoms with Gasteiger partial charge in [-0.3, -0.25) is 0 Å². The lowest BCUT2D eigenvalue weighted by molar-refractivity contribution is 0.358. The van der Waals surface area contributed by atoms with Crippen molar-refractivity contribution in [3.8, 4) is 5.75 Å². The van der Waals surface area contributed by atoms with Crippen LogP contribution in [-0.2, 0) is 6.42 Å². The number of halogens is 1. The third-order valence-electron chi connectivity index (χ3n) is 3.41. The average Bonchev–Trinajstić information content (AvgIpc) is 2.49. The fourth-order valence-corrected chi connectivity index (χ4v) is 2.32. The van der Waals surface area contributed by atoms with E-state index in [4.69, 9.17) is 22.1 Å². The summed E-state index contributed by atoms with van der Waals surface area (Å²) in [6.45, 7) is 2.57. The molecule has 0 saturated heterocycles. The molecule has 3 heteroatoms. The van der Waals surface area contributed by atoms with Gasteiger partial charge in [-0.2, -0.15) is 0 Å². The van der Waals surface area contributed by atoms with E-state index in [2.05, 4.69) is 25.1 Å². The van der Waals surface area contributed by atoms with Gasteiger partial charge in [0.25, 0.3) is 0 Å². The first-order valence-electron chi connectivity index (χ1n) is 6.90. The fourth-order valence-electron chi connectivity index (χ4n) is 2.24. The first-order chi connectivity index (χ1) is 9.76. The molecule has 106 valence electrons. The van der Waals surface area contributed by atoms with Crippen molar-refractivity contribution < 1.29 is 4.74 Å². The summed E-state index contributed by atoms with van der Waals surface area (Å²) >= 11 is 5.53. The number of benzene rings is 2. The van der Waals surface area contributed by atoms with Crippen molar-refractivity contribution in [3.63, 3.8) is 0 Å². The summed E-state index contributed by atoms with van der Waals surface area (Å²) in [5, 5.41) is 2.43. The van der Waals surface area contributed by atoms with E-state index in [1.165, 1.54) is 21.9 Å². The molecule has 0 spiro atoms. The van der Waals surface area contributed by atoms with Crippen LogP contribution in [-0.4, -0.2) is 12.6 Å². The minimum absolute atomic E-state index is 0.145. The molecule has 20 heavy (non-hydrogen) atoms. The monoisotopic (exact) mass is 289 g/mol. The molecule has 0 aromatic heterocycles. The first-order valence-corrected chi connectivity index (χ1v) is 7.34. The lowest BCUT2D eigenvalue weighted by atomic mass is 9.97. The fraction of sp³-hybridized carbons (Fsp3) is 0.294. The van der Waals surface area contributed by atoms with Crippen LogP contribution in [0.5, 0.6) is 5.75 Å². The van der Waals surface area contributed by atoms with Gasteiger partial charge in [-0.25, -0.2) is 0 Å². The van der Waals surface area contributed by atoms with Crippen LogP contribution in [0.4, 0.5) is 0 Å². The highest BCUT2D eigenvalue weighted by Gasteiger charge is 2.11. The van der Waals surface area contributed by atoms with Gasteiger partial charge in [0, 0.05) is 17.1 Å². The highest BCUT2D eigenvalue weighted by Crippen LogP contribution is 2.29. The number of nitrogens with two attached hydrogens (primary N) is 1. The molecule has 2 aromatic carbocycles. The second-order valence-electron chi connectivity index (χ2n) is 4.81. The molecule has 2 nitrogen and oxygen atoms in total. The van der Waals surface area contributed by atoms with E-state index in [-0.39, 0.29) is 6.04 Å². The predicted molar refractivity (Wildman–Crippen MR) is 86.4 cm³/mol. The molecule has 2 rings (SSSR count). The average molecular weight is 290 g/mol. The van der Waals surface area contributed by atoms with Crippen molar-refractivity contribution in [2.45, 2.75) is 25.8 Å². The summed E-state index contributed by atoms with van der Waals surface area (Å²) in [7, 11) is 0. The molecule has 0 aliphatic heterocycles. The summed E-state index contributed by atoms with van der Waals surface area (Å²) in [5.74, 6) is 0.891. The third kappa shape index (κ3) is 3.53. The molecule has 0 bridgehead atoms. The Morgan fingerprint density at radius 3 is 2.80 bits per heavy atom. The maximum absolute atomic E-state index is 6.13. The summed E-state index contributed by atoms with van der Waals surface area (Å²) in [4.78, 5) is 0. The van der Waals surface area contributed by atoms with Gasteiger partial charge in [-0.15, -0.1) is 0 Å². The van der Waals surface area contributed by atoms with Crippen molar-refractivity contribution in [2.75, 3.05) is 6.61 Å². The minimum Gasteiger partial charge on any atom is -0.489 e. The Bertz CT molecular complexity index is 595. The molecule has 0 aliphatic carbocycles. The maximum Gasteiger partial charge on any atom is 0.123 e. The van der Waals surface area contributed by atoms with Crippen LogP contribution in [0, 0.1) is 0 Å². The van der Waals surface area contributed by atoms with Crippen LogP contribution < -0.4 is 10.5 Å². The number of hydrogen-bond acceptors (Lipinski definition) is 2. The zero-order valence-corrected chi connectivity index (χ0v) is 12.4. The van der Waals surface area contributed by atoms with Crippen LogP contribution >= 0.6 is 11.6 Å². The van der Waals surface area contributed by atoms with E-state index in [0.717, 1.165) is 18.6 Å². The Hall–Kier alpha value is -1.51. The number of fused-ring (bicyclic) bond motifs is 1. The van der Waals surface area contributed by atoms with Crippen molar-refractivity contribution >= 4 is 22.4 Å². The highest BCUT2D eigenvalue weighted by atomic mass is 35.5. The van der Waals surface area contributed by atoms with Gasteiger partial charge in [-0.05, 0) is 35.8 Å². The Morgan fingerprint density at radius 2 is 2.05 bits per heavy atom. The molecule has 0 fully saturated rings. The van der Waals surface area contributed by atoms with E-state index < -0.39 is 0 Å². The van der Waals surface area contributed by atoms with E-state index in [1.807, 2.05) is 18.2 Å². The topological polar surface area (TPSA) is 35.2 Å². The van der Waals surface area contributed by atoms with E-state index >= 15 is 0 Å². The second-order valence-corrected chi connectivity index (χ2v) is 5.06. The predicted octanol–water partition coefficient (Wildman–Crippen LogP) is 4.25. The van der Waals surface area contributed by atoms with Gasteiger partial charge in [0.15, 0.2) is 0 Å². The lowest BCUT2D eigenvalue weighted by Gasteiger charge is -2.16. The first kappa shape index (κ1) is 14.9. The quantitative estimate of drug-likeness (QED) is 0.863. The Balaban J connectivity index is 2.41. The number of ether oxygens (including phenoxy) is 1. The van der Waals surface area contributed by atoms with Crippen molar-refractivity contribution in [1.29, 1.82) is 0 Å². The molecule has 0 heterocycles. The van der Waals surface area contributed by atoms with E-state index in [0.29, 0.717) is 6.61 Å². The van der Waals surface area contributed by atoms with Crippen LogP contribution in [0.15, 0.2) is 48.0 Å². The van der Waals surface area contributed by atoms with Crippen LogP contribution in [0.3, 0.4) is 0 Å². The lowest BCUT2D eigenvalue weighted by Crippen LogP contribution is -2.22. The minimum atomic E-state index is 0.145. The van der Waals surface area contributed by atoms with Gasteiger partial charge in [-0.1, -0.05) is 48.9 Å². The normalized spacial score (nSPS) is 12.9. The molecular formula is C17H20ClNO. The molecule has 1 atom stereocenters. The molecule has 0 radical (unpaired) electrons. The molecule has 2 N–H and O–H groups in total. The van der Waals surface area contributed by atoms with Crippen LogP contribution in [0.1, 0.15) is 18.9 Å². The van der Waals surface area contributed by atoms with E-state index in [9.17, 15) is 0 Å². The maximum atomic E-state index is 6.13. The Morgan fingerprint density at radius 1 is 1.25 bits per heavy atom. The SMILES string of the molecule is CCC(N)Cc1c(OC/C=C/Cl)ccc2ccccc12. The van der Waals surface area contributed by atoms with Gasteiger partial charge in [0.05, 0.1) is 0 Å². The standard InChI is InChI=1S/C17H20ClNO/c1-2-14(19)12-16-15-7-4-3-6-13(15)8-9-17(16)20-11-5-10-18/h3-10,14H,2,11-12,19H2,1H3/b10-5+. The van der Waals surface area contributed by atoms with Crippen molar-refractivity contribution in [3.05, 3.63) is 53.6 Å². The van der Waals surface area contributed by atoms with Crippen LogP contribution in [0.25, 0.3) is 10.8 Å². The molecule has 0 amide bonds. The number of hydrogen-bond donors (Lipinski definition) is 1. The zero-order chi connectivity index (χ0) is 14.4. The van der Waals surface area contributed by atoms with Crippen molar-refractivity contribution in [1.82, 2.24) is 0 Å². The largest absolute Gasteiger partial charge is 0.489 e. The summed E-state index contributed by atoms with van der Waals surface area (Å²) < 4.78 is 5.80. The second kappa shape index (κ2) is 7.32. The Kier molecular flexibility index (Phi) is 5.45. The van der Waals surface area contributed by atoms with Gasteiger partial charge in [0.2, 0.25) is 0 Å². The summed E-state index contributed by atoms with van der Waals surface area (Å²) in [6, 6.07) is 12.6. The molecule has 2 aromatic rings. The summed E-state index contributed by atoms with van der Waals surface area (Å²) in [5.41, 5.74) is 8.78. The van der Waals surface area contributed by atoms with E-state index in [1.54, 1.807) is 6.08 Å². The van der Waals surface area contributed by atoms with Crippen molar-refractivity contribution in [2.24, 2.45) is 5.73 Å². The number of rotatable bonds is 6. The van der Waals surface area contributed by atoms with Gasteiger partial charge < -0.3 is 10.5 Å². The summed E-state index contributed by atoms with van der Waals surface area (Å²) in [6.07, 6.45) is 3.54. The highest BCUT2D eigenvalue weighted by molar-refractivity contribution is 6.25. The molecular weight excluding hydrogens is 270 g/mol. The zero-order valence-electron chi connectivity index (χ0n) is 11.7. The third-order valence-corrected chi connectivity index (χ3v) is 3.59. The van der Waals surface area contributed by atoms with Gasteiger partial charge >= 0.3 is 0 Å². The smallest absolute Gasteiger partial charge is 0.123 e. The van der Waals surface area contributed by atoms with Crippen LogP contribution in [0.2, 0.25) is 0 Å². The molecule has 1 unspecified atom stereocenters. The molecule has 0 aliphatic rings. The Labute approximate surface area is 125 Å².